The number of hydrogen-bond donors (Lipinski definition) is 0. The Labute approximate surface area is 159 Å². The fourth-order valence-corrected chi connectivity index (χ4v) is 3.78. The molecule has 4 heteroatoms. The number of ketones is 1. The summed E-state index contributed by atoms with van der Waals surface area (Å²) in [6, 6.07) is 16.5. The Kier molecular flexibility index (Phi) is 4.56. The largest absolute Gasteiger partial charge is 0.497 e. The van der Waals surface area contributed by atoms with E-state index < -0.39 is 0 Å². The number of fused-ring (bicyclic) bond motifs is 1. The second-order valence-corrected chi connectivity index (χ2v) is 7.46. The molecule has 0 aliphatic heterocycles. The average molecular weight is 360 g/mol. The molecule has 4 nitrogen and oxygen atoms in total. The fraction of sp³-hybridized carbons (Fsp3) is 0.304. The van der Waals surface area contributed by atoms with Gasteiger partial charge in [0.1, 0.15) is 5.75 Å². The first kappa shape index (κ1) is 17.5. The van der Waals surface area contributed by atoms with Gasteiger partial charge in [0.15, 0.2) is 5.78 Å². The molecular weight excluding hydrogens is 336 g/mol. The number of Topliss-reactive ketones (excluding diaryl/α,β-unsaturated/α-hetero) is 1. The molecule has 1 aliphatic rings. The molecule has 0 amide bonds. The second-order valence-electron chi connectivity index (χ2n) is 7.46. The Balaban J connectivity index is 1.66. The maximum Gasteiger partial charge on any atom is 0.166 e. The van der Waals surface area contributed by atoms with Crippen molar-refractivity contribution in [1.29, 1.82) is 0 Å². The molecule has 1 atom stereocenters. The molecule has 0 spiro atoms. The molecule has 1 heterocycles. The molecule has 138 valence electrons. The molecule has 0 saturated heterocycles. The van der Waals surface area contributed by atoms with Crippen molar-refractivity contribution in [2.24, 2.45) is 0 Å². The molecule has 4 rings (SSSR count). The summed E-state index contributed by atoms with van der Waals surface area (Å²) in [6.07, 6.45) is 3.07. The molecule has 0 saturated carbocycles. The molecule has 0 fully saturated rings. The molecule has 0 radical (unpaired) electrons. The zero-order valence-electron chi connectivity index (χ0n) is 16.0. The molecule has 2 aromatic carbocycles. The van der Waals surface area contributed by atoms with E-state index in [0.29, 0.717) is 12.3 Å². The van der Waals surface area contributed by atoms with Gasteiger partial charge in [-0.25, -0.2) is 4.68 Å². The van der Waals surface area contributed by atoms with Crippen molar-refractivity contribution >= 4 is 5.78 Å². The highest BCUT2D eigenvalue weighted by Crippen LogP contribution is 2.34. The number of methoxy groups -OCH3 is 1. The van der Waals surface area contributed by atoms with E-state index in [2.05, 4.69) is 43.2 Å². The van der Waals surface area contributed by atoms with Crippen LogP contribution < -0.4 is 4.74 Å². The van der Waals surface area contributed by atoms with Crippen LogP contribution in [0.15, 0.2) is 54.7 Å². The number of ether oxygens (including phenoxy) is 1. The molecule has 0 unspecified atom stereocenters. The Morgan fingerprint density at radius 2 is 1.74 bits per heavy atom. The SMILES string of the molecule is COc1ccc(-n2ncc3c2C[C@H](c2ccc(C(C)C)cc2)CC3=O)cc1. The van der Waals surface area contributed by atoms with E-state index in [1.54, 1.807) is 13.3 Å². The summed E-state index contributed by atoms with van der Waals surface area (Å²) < 4.78 is 7.12. The van der Waals surface area contributed by atoms with Crippen LogP contribution in [0.25, 0.3) is 5.69 Å². The third-order valence-corrected chi connectivity index (χ3v) is 5.43. The summed E-state index contributed by atoms with van der Waals surface area (Å²) in [5, 5.41) is 4.49. The van der Waals surface area contributed by atoms with E-state index in [1.807, 2.05) is 28.9 Å². The van der Waals surface area contributed by atoms with Crippen LogP contribution in [0.3, 0.4) is 0 Å². The van der Waals surface area contributed by atoms with E-state index >= 15 is 0 Å². The number of hydrogen-bond acceptors (Lipinski definition) is 3. The van der Waals surface area contributed by atoms with Gasteiger partial charge in [-0.05, 0) is 53.6 Å². The van der Waals surface area contributed by atoms with Crippen molar-refractivity contribution in [3.63, 3.8) is 0 Å². The van der Waals surface area contributed by atoms with Crippen LogP contribution in [0.5, 0.6) is 5.75 Å². The van der Waals surface area contributed by atoms with Crippen LogP contribution in [0.4, 0.5) is 0 Å². The van der Waals surface area contributed by atoms with Crippen LogP contribution in [0.2, 0.25) is 0 Å². The Bertz CT molecular complexity index is 953. The van der Waals surface area contributed by atoms with Crippen LogP contribution in [0, 0.1) is 0 Å². The third-order valence-electron chi connectivity index (χ3n) is 5.43. The number of carbonyl (C=O) groups excluding carboxylic acids is 1. The highest BCUT2D eigenvalue weighted by molar-refractivity contribution is 5.98. The second kappa shape index (κ2) is 7.03. The smallest absolute Gasteiger partial charge is 0.166 e. The van der Waals surface area contributed by atoms with Gasteiger partial charge in [-0.1, -0.05) is 38.1 Å². The van der Waals surface area contributed by atoms with Crippen molar-refractivity contribution in [1.82, 2.24) is 9.78 Å². The first-order valence-corrected chi connectivity index (χ1v) is 9.41. The first-order chi connectivity index (χ1) is 13.1. The zero-order chi connectivity index (χ0) is 19.0. The summed E-state index contributed by atoms with van der Waals surface area (Å²) in [7, 11) is 1.65. The van der Waals surface area contributed by atoms with E-state index in [0.717, 1.165) is 29.1 Å². The molecular formula is C23H24N2O2. The van der Waals surface area contributed by atoms with Crippen LogP contribution in [-0.2, 0) is 6.42 Å². The minimum Gasteiger partial charge on any atom is -0.497 e. The number of benzene rings is 2. The van der Waals surface area contributed by atoms with Gasteiger partial charge in [0.25, 0.3) is 0 Å². The minimum absolute atomic E-state index is 0.175. The van der Waals surface area contributed by atoms with Gasteiger partial charge in [-0.15, -0.1) is 0 Å². The van der Waals surface area contributed by atoms with E-state index in [-0.39, 0.29) is 11.7 Å². The molecule has 0 bridgehead atoms. The number of nitrogens with zero attached hydrogens (tertiary/aromatic N) is 2. The first-order valence-electron chi connectivity index (χ1n) is 9.41. The standard InChI is InChI=1S/C23H24N2O2/c1-15(2)16-4-6-17(7-5-16)18-12-22-21(23(26)13-18)14-24-25(22)19-8-10-20(27-3)11-9-19/h4-11,14-15,18H,12-13H2,1-3H3/t18-/m0/s1. The number of carbonyl (C=O) groups is 1. The lowest BCUT2D eigenvalue weighted by Crippen LogP contribution is -2.20. The van der Waals surface area contributed by atoms with Crippen LogP contribution in [-0.4, -0.2) is 22.7 Å². The van der Waals surface area contributed by atoms with Crippen molar-refractivity contribution in [3.8, 4) is 11.4 Å². The average Bonchev–Trinajstić information content (AvgIpc) is 3.12. The highest BCUT2D eigenvalue weighted by Gasteiger charge is 2.30. The maximum absolute atomic E-state index is 12.7. The zero-order valence-corrected chi connectivity index (χ0v) is 16.0. The number of aromatic nitrogens is 2. The summed E-state index contributed by atoms with van der Waals surface area (Å²) >= 11 is 0. The monoisotopic (exact) mass is 360 g/mol. The predicted molar refractivity (Wildman–Crippen MR) is 106 cm³/mol. The fourth-order valence-electron chi connectivity index (χ4n) is 3.78. The van der Waals surface area contributed by atoms with Gasteiger partial charge >= 0.3 is 0 Å². The molecule has 0 N–H and O–H groups in total. The van der Waals surface area contributed by atoms with Crippen LogP contribution in [0.1, 0.15) is 59.3 Å². The summed E-state index contributed by atoms with van der Waals surface area (Å²) in [5.74, 6) is 1.68. The van der Waals surface area contributed by atoms with Gasteiger partial charge in [-0.2, -0.15) is 5.10 Å². The molecule has 1 aromatic heterocycles. The Morgan fingerprint density at radius 3 is 2.37 bits per heavy atom. The van der Waals surface area contributed by atoms with Gasteiger partial charge in [-0.3, -0.25) is 4.79 Å². The maximum atomic E-state index is 12.7. The lowest BCUT2D eigenvalue weighted by molar-refractivity contribution is 0.0963. The quantitative estimate of drug-likeness (QED) is 0.663. The van der Waals surface area contributed by atoms with Gasteiger partial charge in [0, 0.05) is 6.42 Å². The van der Waals surface area contributed by atoms with Gasteiger partial charge < -0.3 is 4.74 Å². The molecule has 27 heavy (non-hydrogen) atoms. The highest BCUT2D eigenvalue weighted by atomic mass is 16.5. The van der Waals surface area contributed by atoms with E-state index in [1.165, 1.54) is 11.1 Å². The number of rotatable bonds is 4. The van der Waals surface area contributed by atoms with Gasteiger partial charge in [0.2, 0.25) is 0 Å². The van der Waals surface area contributed by atoms with Crippen molar-refractivity contribution in [2.75, 3.05) is 7.11 Å². The lowest BCUT2D eigenvalue weighted by Gasteiger charge is -2.23. The lowest BCUT2D eigenvalue weighted by atomic mass is 9.82. The van der Waals surface area contributed by atoms with Gasteiger partial charge in [0.05, 0.1) is 30.3 Å². The van der Waals surface area contributed by atoms with E-state index in [9.17, 15) is 4.79 Å². The Hall–Kier alpha value is -2.88. The van der Waals surface area contributed by atoms with Crippen molar-refractivity contribution in [2.45, 2.75) is 38.5 Å². The molecule has 1 aliphatic carbocycles. The van der Waals surface area contributed by atoms with Crippen molar-refractivity contribution < 1.29 is 9.53 Å². The minimum atomic E-state index is 0.175. The van der Waals surface area contributed by atoms with Crippen LogP contribution >= 0.6 is 0 Å². The summed E-state index contributed by atoms with van der Waals surface area (Å²) in [6.45, 7) is 4.39. The predicted octanol–water partition coefficient (Wildman–Crippen LogP) is 4.92. The topological polar surface area (TPSA) is 44.1 Å². The summed E-state index contributed by atoms with van der Waals surface area (Å²) in [5.41, 5.74) is 5.24. The summed E-state index contributed by atoms with van der Waals surface area (Å²) in [4.78, 5) is 12.7. The van der Waals surface area contributed by atoms with E-state index in [4.69, 9.17) is 4.74 Å². The normalized spacial score (nSPS) is 16.4. The van der Waals surface area contributed by atoms with Crippen molar-refractivity contribution in [3.05, 3.63) is 77.1 Å². The molecule has 3 aromatic rings. The Morgan fingerprint density at radius 1 is 1.04 bits per heavy atom. The third kappa shape index (κ3) is 3.27.